The van der Waals surface area contributed by atoms with Crippen LogP contribution in [0.4, 0.5) is 0 Å². The van der Waals surface area contributed by atoms with Gasteiger partial charge in [0.1, 0.15) is 0 Å². The largest absolute Gasteiger partial charge is 0.395 e. The summed E-state index contributed by atoms with van der Waals surface area (Å²) in [5, 5.41) is 9.03. The average molecular weight is 237 g/mol. The van der Waals surface area contributed by atoms with Gasteiger partial charge in [0.2, 0.25) is 10.0 Å². The maximum atomic E-state index is 11.8. The Labute approximate surface area is 91.1 Å². The van der Waals surface area contributed by atoms with E-state index in [1.165, 1.54) is 4.31 Å². The highest BCUT2D eigenvalue weighted by molar-refractivity contribution is 7.89. The minimum absolute atomic E-state index is 0.0112. The van der Waals surface area contributed by atoms with E-state index in [0.717, 1.165) is 12.8 Å². The van der Waals surface area contributed by atoms with Crippen LogP contribution in [0.1, 0.15) is 19.8 Å². The summed E-state index contributed by atoms with van der Waals surface area (Å²) in [6.07, 6.45) is 1.59. The predicted molar refractivity (Wildman–Crippen MR) is 57.1 cm³/mol. The molecule has 0 spiro atoms. The standard InChI is InChI=1S/C9H19NO4S/c1-2-14-6-7-15(12,13)10-5-3-4-9(10)8-11/h9,11H,2-8H2,1H3/t9-/m0/s1. The molecule has 0 unspecified atom stereocenters. The number of hydrogen-bond acceptors (Lipinski definition) is 4. The van der Waals surface area contributed by atoms with Gasteiger partial charge in [-0.25, -0.2) is 8.42 Å². The summed E-state index contributed by atoms with van der Waals surface area (Å²) in [6.45, 7) is 3.03. The van der Waals surface area contributed by atoms with Crippen molar-refractivity contribution in [3.63, 3.8) is 0 Å². The van der Waals surface area contributed by atoms with Crippen LogP contribution in [0.5, 0.6) is 0 Å². The second-order valence-electron chi connectivity index (χ2n) is 3.60. The molecule has 0 aliphatic carbocycles. The van der Waals surface area contributed by atoms with E-state index in [0.29, 0.717) is 13.2 Å². The van der Waals surface area contributed by atoms with Gasteiger partial charge in [0.25, 0.3) is 0 Å². The molecule has 0 aromatic rings. The van der Waals surface area contributed by atoms with Gasteiger partial charge >= 0.3 is 0 Å². The van der Waals surface area contributed by atoms with E-state index in [2.05, 4.69) is 0 Å². The molecule has 1 aliphatic rings. The van der Waals surface area contributed by atoms with Crippen LogP contribution in [-0.2, 0) is 14.8 Å². The first kappa shape index (κ1) is 12.9. The molecule has 0 saturated carbocycles. The second kappa shape index (κ2) is 5.79. The molecular formula is C9H19NO4S. The van der Waals surface area contributed by atoms with E-state index in [1.54, 1.807) is 0 Å². The maximum Gasteiger partial charge on any atom is 0.216 e. The van der Waals surface area contributed by atoms with Gasteiger partial charge in [0, 0.05) is 19.2 Å². The van der Waals surface area contributed by atoms with Crippen molar-refractivity contribution in [1.29, 1.82) is 0 Å². The van der Waals surface area contributed by atoms with E-state index in [9.17, 15) is 8.42 Å². The molecule has 6 heteroatoms. The summed E-state index contributed by atoms with van der Waals surface area (Å²) in [6, 6.07) is -0.225. The van der Waals surface area contributed by atoms with Gasteiger partial charge in [-0.2, -0.15) is 4.31 Å². The van der Waals surface area contributed by atoms with Gasteiger partial charge in [0.05, 0.1) is 19.0 Å². The van der Waals surface area contributed by atoms with Crippen molar-refractivity contribution in [3.8, 4) is 0 Å². The third-order valence-corrected chi connectivity index (χ3v) is 4.46. The molecule has 1 aliphatic heterocycles. The number of rotatable bonds is 6. The maximum absolute atomic E-state index is 11.8. The Morgan fingerprint density at radius 2 is 2.27 bits per heavy atom. The monoisotopic (exact) mass is 237 g/mol. The highest BCUT2D eigenvalue weighted by atomic mass is 32.2. The summed E-state index contributed by atoms with van der Waals surface area (Å²) in [5.41, 5.74) is 0. The Hall–Kier alpha value is -0.170. The van der Waals surface area contributed by atoms with Crippen molar-refractivity contribution in [1.82, 2.24) is 4.31 Å². The van der Waals surface area contributed by atoms with Crippen LogP contribution in [-0.4, -0.2) is 56.0 Å². The smallest absolute Gasteiger partial charge is 0.216 e. The predicted octanol–water partition coefficient (Wildman–Crippen LogP) is -0.191. The molecule has 5 nitrogen and oxygen atoms in total. The first-order valence-corrected chi connectivity index (χ1v) is 6.91. The van der Waals surface area contributed by atoms with Crippen LogP contribution >= 0.6 is 0 Å². The van der Waals surface area contributed by atoms with Crippen LogP contribution < -0.4 is 0 Å². The molecule has 1 fully saturated rings. The van der Waals surface area contributed by atoms with Crippen LogP contribution in [0.25, 0.3) is 0 Å². The fourth-order valence-electron chi connectivity index (χ4n) is 1.78. The molecule has 1 saturated heterocycles. The Balaban J connectivity index is 2.52. The Morgan fingerprint density at radius 1 is 1.53 bits per heavy atom. The van der Waals surface area contributed by atoms with Gasteiger partial charge in [-0.05, 0) is 19.8 Å². The number of aliphatic hydroxyl groups is 1. The third-order valence-electron chi connectivity index (χ3n) is 2.58. The highest BCUT2D eigenvalue weighted by Gasteiger charge is 2.33. The van der Waals surface area contributed by atoms with Crippen LogP contribution in [0.3, 0.4) is 0 Å². The van der Waals surface area contributed by atoms with Crippen molar-refractivity contribution >= 4 is 10.0 Å². The van der Waals surface area contributed by atoms with Crippen molar-refractivity contribution in [3.05, 3.63) is 0 Å². The molecule has 15 heavy (non-hydrogen) atoms. The van der Waals surface area contributed by atoms with E-state index >= 15 is 0 Å². The zero-order valence-electron chi connectivity index (χ0n) is 9.05. The van der Waals surface area contributed by atoms with Gasteiger partial charge in [-0.1, -0.05) is 0 Å². The number of hydrogen-bond donors (Lipinski definition) is 1. The molecule has 0 amide bonds. The molecule has 0 aromatic carbocycles. The van der Waals surface area contributed by atoms with Gasteiger partial charge in [-0.3, -0.25) is 0 Å². The summed E-state index contributed by atoms with van der Waals surface area (Å²) in [7, 11) is -3.25. The molecule has 90 valence electrons. The van der Waals surface area contributed by atoms with Gasteiger partial charge in [-0.15, -0.1) is 0 Å². The number of sulfonamides is 1. The highest BCUT2D eigenvalue weighted by Crippen LogP contribution is 2.20. The summed E-state index contributed by atoms with van der Waals surface area (Å²) in [4.78, 5) is 0. The zero-order valence-corrected chi connectivity index (χ0v) is 9.87. The SMILES string of the molecule is CCOCCS(=O)(=O)N1CCC[C@H]1CO. The lowest BCUT2D eigenvalue weighted by molar-refractivity contribution is 0.161. The van der Waals surface area contributed by atoms with Crippen molar-refractivity contribution < 1.29 is 18.3 Å². The quantitative estimate of drug-likeness (QED) is 0.650. The number of nitrogens with zero attached hydrogens (tertiary/aromatic N) is 1. The van der Waals surface area contributed by atoms with Gasteiger partial charge in [0.15, 0.2) is 0 Å². The summed E-state index contributed by atoms with van der Waals surface area (Å²) in [5.74, 6) is 0.0112. The van der Waals surface area contributed by atoms with E-state index < -0.39 is 10.0 Å². The minimum atomic E-state index is -3.25. The number of aliphatic hydroxyl groups excluding tert-OH is 1. The topological polar surface area (TPSA) is 66.8 Å². The van der Waals surface area contributed by atoms with E-state index in [1.807, 2.05) is 6.92 Å². The van der Waals surface area contributed by atoms with E-state index in [4.69, 9.17) is 9.84 Å². The molecule has 1 atom stereocenters. The molecule has 0 aromatic heterocycles. The Kier molecular flexibility index (Phi) is 4.98. The van der Waals surface area contributed by atoms with Crippen molar-refractivity contribution in [2.24, 2.45) is 0 Å². The zero-order chi connectivity index (χ0) is 11.3. The minimum Gasteiger partial charge on any atom is -0.395 e. The first-order valence-electron chi connectivity index (χ1n) is 5.30. The van der Waals surface area contributed by atoms with Crippen LogP contribution in [0, 0.1) is 0 Å². The fraction of sp³-hybridized carbons (Fsp3) is 1.00. The molecule has 0 radical (unpaired) electrons. The van der Waals surface area contributed by atoms with Crippen molar-refractivity contribution in [2.75, 3.05) is 32.1 Å². The normalized spacial score (nSPS) is 23.5. The summed E-state index contributed by atoms with van der Waals surface area (Å²) < 4.78 is 30.1. The third kappa shape index (κ3) is 3.41. The second-order valence-corrected chi connectivity index (χ2v) is 5.64. The van der Waals surface area contributed by atoms with Crippen LogP contribution in [0.15, 0.2) is 0 Å². The lowest BCUT2D eigenvalue weighted by atomic mass is 10.2. The Morgan fingerprint density at radius 3 is 2.87 bits per heavy atom. The first-order chi connectivity index (χ1) is 7.11. The fourth-order valence-corrected chi connectivity index (χ4v) is 3.38. The molecule has 1 rings (SSSR count). The van der Waals surface area contributed by atoms with Crippen LogP contribution in [0.2, 0.25) is 0 Å². The average Bonchev–Trinajstić information content (AvgIpc) is 2.66. The molecular weight excluding hydrogens is 218 g/mol. The number of ether oxygens (including phenoxy) is 1. The van der Waals surface area contributed by atoms with Crippen molar-refractivity contribution in [2.45, 2.75) is 25.8 Å². The molecule has 0 bridgehead atoms. The Bertz CT molecular complexity index is 278. The van der Waals surface area contributed by atoms with Gasteiger partial charge < -0.3 is 9.84 Å². The summed E-state index contributed by atoms with van der Waals surface area (Å²) >= 11 is 0. The van der Waals surface area contributed by atoms with E-state index in [-0.39, 0.29) is 25.0 Å². The molecule has 1 heterocycles. The lowest BCUT2D eigenvalue weighted by Crippen LogP contribution is -2.39. The lowest BCUT2D eigenvalue weighted by Gasteiger charge is -2.22. The molecule has 1 N–H and O–H groups in total.